The molecule has 0 aromatic carbocycles. The van der Waals surface area contributed by atoms with E-state index in [1.807, 2.05) is 0 Å². The molecule has 0 atom stereocenters. The molecule has 0 aliphatic carbocycles. The van der Waals surface area contributed by atoms with Gasteiger partial charge in [0.15, 0.2) is 0 Å². The molecule has 0 aliphatic heterocycles. The molecule has 0 spiro atoms. The average molecular weight is 226 g/mol. The van der Waals surface area contributed by atoms with Crippen molar-refractivity contribution in [3.05, 3.63) is 0 Å². The van der Waals surface area contributed by atoms with E-state index in [1.165, 1.54) is 14.2 Å². The van der Waals surface area contributed by atoms with Crippen LogP contribution in [0.3, 0.4) is 0 Å². The number of hydrogen-bond acceptors (Lipinski definition) is 4. The van der Waals surface area contributed by atoms with Crippen molar-refractivity contribution in [1.82, 2.24) is 0 Å². The van der Waals surface area contributed by atoms with Crippen molar-refractivity contribution in [2.24, 2.45) is 5.92 Å². The highest BCUT2D eigenvalue weighted by molar-refractivity contribution is 8.07. The Balaban J connectivity index is 3.91. The fourth-order valence-electron chi connectivity index (χ4n) is 0.901. The molecular formula is C8H19O3PS. The summed E-state index contributed by atoms with van der Waals surface area (Å²) >= 11 is 5.06. The summed E-state index contributed by atoms with van der Waals surface area (Å²) in [6.07, 6.45) is 2.19. The molecule has 80 valence electrons. The highest BCUT2D eigenvalue weighted by Gasteiger charge is 2.18. The van der Waals surface area contributed by atoms with E-state index in [9.17, 15) is 0 Å². The Morgan fingerprint density at radius 2 is 1.62 bits per heavy atom. The summed E-state index contributed by atoms with van der Waals surface area (Å²) in [4.78, 5) is 0. The van der Waals surface area contributed by atoms with Crippen LogP contribution in [0.2, 0.25) is 0 Å². The van der Waals surface area contributed by atoms with Gasteiger partial charge in [0, 0.05) is 14.2 Å². The zero-order valence-corrected chi connectivity index (χ0v) is 10.5. The van der Waals surface area contributed by atoms with Crippen molar-refractivity contribution in [3.8, 4) is 0 Å². The molecule has 0 bridgehead atoms. The molecule has 0 N–H and O–H groups in total. The van der Waals surface area contributed by atoms with Gasteiger partial charge in [-0.15, -0.1) is 0 Å². The van der Waals surface area contributed by atoms with Gasteiger partial charge in [-0.2, -0.15) is 0 Å². The first kappa shape index (κ1) is 13.5. The monoisotopic (exact) mass is 226 g/mol. The fraction of sp³-hybridized carbons (Fsp3) is 1.00. The van der Waals surface area contributed by atoms with Gasteiger partial charge in [0.25, 0.3) is 0 Å². The normalized spacial score (nSPS) is 12.4. The first-order chi connectivity index (χ1) is 6.11. The first-order valence-electron chi connectivity index (χ1n) is 4.47. The second-order valence-corrected chi connectivity index (χ2v) is 6.02. The molecule has 13 heavy (non-hydrogen) atoms. The van der Waals surface area contributed by atoms with Crippen LogP contribution in [0.5, 0.6) is 0 Å². The Bertz CT molecular complexity index is 163. The maximum absolute atomic E-state index is 5.45. The molecule has 0 heterocycles. The summed E-state index contributed by atoms with van der Waals surface area (Å²) in [6.45, 7) is 2.48. The van der Waals surface area contributed by atoms with Gasteiger partial charge >= 0.3 is 6.72 Å². The summed E-state index contributed by atoms with van der Waals surface area (Å²) in [7, 11) is 3.05. The Morgan fingerprint density at radius 1 is 1.15 bits per heavy atom. The Hall–Kier alpha value is 0.530. The van der Waals surface area contributed by atoms with Gasteiger partial charge in [-0.3, -0.25) is 0 Å². The number of rotatable bonds is 7. The summed E-state index contributed by atoms with van der Waals surface area (Å²) in [5.74, 6) is 0.549. The van der Waals surface area contributed by atoms with Gasteiger partial charge in [0.2, 0.25) is 0 Å². The van der Waals surface area contributed by atoms with Crippen LogP contribution in [-0.2, 0) is 25.4 Å². The zero-order valence-electron chi connectivity index (χ0n) is 8.78. The van der Waals surface area contributed by atoms with E-state index in [-0.39, 0.29) is 0 Å². The summed E-state index contributed by atoms with van der Waals surface area (Å²) < 4.78 is 15.5. The van der Waals surface area contributed by atoms with Crippen LogP contribution in [0.4, 0.5) is 0 Å². The second kappa shape index (κ2) is 6.91. The van der Waals surface area contributed by atoms with Crippen LogP contribution < -0.4 is 0 Å². The van der Waals surface area contributed by atoms with E-state index < -0.39 is 6.72 Å². The van der Waals surface area contributed by atoms with Crippen LogP contribution >= 0.6 is 6.72 Å². The van der Waals surface area contributed by atoms with Gasteiger partial charge in [0.1, 0.15) is 0 Å². The van der Waals surface area contributed by atoms with E-state index >= 15 is 0 Å². The molecule has 0 aromatic rings. The molecular weight excluding hydrogens is 207 g/mol. The lowest BCUT2D eigenvalue weighted by atomic mass is 10.1. The quantitative estimate of drug-likeness (QED) is 0.624. The van der Waals surface area contributed by atoms with Crippen LogP contribution in [0.1, 0.15) is 26.7 Å². The van der Waals surface area contributed by atoms with Gasteiger partial charge in [0.05, 0.1) is 6.61 Å². The highest BCUT2D eigenvalue weighted by atomic mass is 32.5. The lowest BCUT2D eigenvalue weighted by Gasteiger charge is -2.20. The van der Waals surface area contributed by atoms with Crippen molar-refractivity contribution in [1.29, 1.82) is 0 Å². The summed E-state index contributed by atoms with van der Waals surface area (Å²) in [5, 5.41) is 0. The van der Waals surface area contributed by atoms with Gasteiger partial charge in [-0.25, -0.2) is 0 Å². The zero-order chi connectivity index (χ0) is 10.3. The number of hydrogen-bond donors (Lipinski definition) is 0. The predicted molar refractivity (Wildman–Crippen MR) is 58.3 cm³/mol. The Kier molecular flexibility index (Phi) is 7.19. The maximum atomic E-state index is 5.45. The van der Waals surface area contributed by atoms with Crippen LogP contribution in [0, 0.1) is 5.92 Å². The molecule has 0 radical (unpaired) electrons. The first-order valence-corrected chi connectivity index (χ1v) is 7.03. The lowest BCUT2D eigenvalue weighted by molar-refractivity contribution is 0.171. The molecule has 0 aromatic heterocycles. The third kappa shape index (κ3) is 5.08. The lowest BCUT2D eigenvalue weighted by Crippen LogP contribution is -2.07. The Morgan fingerprint density at radius 3 is 1.92 bits per heavy atom. The third-order valence-electron chi connectivity index (χ3n) is 2.07. The highest BCUT2D eigenvalue weighted by Crippen LogP contribution is 2.48. The van der Waals surface area contributed by atoms with E-state index in [0.717, 1.165) is 12.8 Å². The minimum Gasteiger partial charge on any atom is -0.312 e. The van der Waals surface area contributed by atoms with Gasteiger partial charge < -0.3 is 13.6 Å². The molecule has 0 saturated carbocycles. The van der Waals surface area contributed by atoms with Crippen molar-refractivity contribution in [3.63, 3.8) is 0 Å². The molecule has 0 amide bonds. The molecule has 5 heteroatoms. The van der Waals surface area contributed by atoms with Crippen LogP contribution in [0.25, 0.3) is 0 Å². The molecule has 0 unspecified atom stereocenters. The molecule has 0 aliphatic rings. The molecule has 0 rings (SSSR count). The second-order valence-electron chi connectivity index (χ2n) is 2.79. The van der Waals surface area contributed by atoms with E-state index in [4.69, 9.17) is 25.4 Å². The smallest absolute Gasteiger partial charge is 0.312 e. The van der Waals surface area contributed by atoms with E-state index in [0.29, 0.717) is 12.5 Å². The molecule has 0 fully saturated rings. The van der Waals surface area contributed by atoms with Gasteiger partial charge in [-0.05, 0) is 17.7 Å². The summed E-state index contributed by atoms with van der Waals surface area (Å²) in [5.41, 5.74) is 0. The van der Waals surface area contributed by atoms with Crippen molar-refractivity contribution in [2.45, 2.75) is 26.7 Å². The summed E-state index contributed by atoms with van der Waals surface area (Å²) in [6, 6.07) is 0. The van der Waals surface area contributed by atoms with Gasteiger partial charge in [-0.1, -0.05) is 26.7 Å². The van der Waals surface area contributed by atoms with Crippen molar-refractivity contribution < 1.29 is 13.6 Å². The predicted octanol–water partition coefficient (Wildman–Crippen LogP) is 2.96. The van der Waals surface area contributed by atoms with E-state index in [1.54, 1.807) is 0 Å². The standard InChI is InChI=1S/C8H19O3PS/c1-5-8(6-2)7-11-12(13,9-3)10-4/h8H,5-7H2,1-4H3. The fourth-order valence-corrected chi connectivity index (χ4v) is 1.84. The third-order valence-corrected chi connectivity index (χ3v) is 4.64. The molecule has 3 nitrogen and oxygen atoms in total. The van der Waals surface area contributed by atoms with Crippen LogP contribution in [-0.4, -0.2) is 20.8 Å². The minimum atomic E-state index is -2.43. The minimum absolute atomic E-state index is 0.549. The average Bonchev–Trinajstić information content (AvgIpc) is 2.19. The Labute approximate surface area is 86.0 Å². The maximum Gasteiger partial charge on any atom is 0.326 e. The SMILES string of the molecule is CCC(CC)COP(=S)(OC)OC. The largest absolute Gasteiger partial charge is 0.326 e. The van der Waals surface area contributed by atoms with Crippen LogP contribution in [0.15, 0.2) is 0 Å². The van der Waals surface area contributed by atoms with Crippen molar-refractivity contribution in [2.75, 3.05) is 20.8 Å². The van der Waals surface area contributed by atoms with Crippen molar-refractivity contribution >= 4 is 18.5 Å². The molecule has 0 saturated heterocycles. The topological polar surface area (TPSA) is 27.7 Å². The van der Waals surface area contributed by atoms with E-state index in [2.05, 4.69) is 13.8 Å².